The Labute approximate surface area is 164 Å². The number of nitrogens with zero attached hydrogens (tertiary/aromatic N) is 5. The van der Waals surface area contributed by atoms with Crippen LogP contribution < -0.4 is 9.47 Å². The van der Waals surface area contributed by atoms with Crippen LogP contribution in [0.15, 0.2) is 23.4 Å². The Balaban J connectivity index is 2.03. The molecule has 2 rings (SSSR count). The zero-order valence-corrected chi connectivity index (χ0v) is 17.5. The van der Waals surface area contributed by atoms with Gasteiger partial charge in [-0.25, -0.2) is 4.68 Å². The first-order valence-electron chi connectivity index (χ1n) is 8.70. The van der Waals surface area contributed by atoms with E-state index in [2.05, 4.69) is 15.5 Å². The van der Waals surface area contributed by atoms with Gasteiger partial charge < -0.3 is 14.4 Å². The van der Waals surface area contributed by atoms with Gasteiger partial charge in [0.25, 0.3) is 0 Å². The highest BCUT2D eigenvalue weighted by Crippen LogP contribution is 2.28. The second-order valence-corrected chi connectivity index (χ2v) is 7.87. The number of ether oxygens (including phenoxy) is 2. The highest BCUT2D eigenvalue weighted by atomic mass is 32.2. The smallest absolute Gasteiger partial charge is 0.233 e. The molecule has 0 radical (unpaired) electrons. The number of tetrazole rings is 1. The van der Waals surface area contributed by atoms with Crippen molar-refractivity contribution in [2.75, 3.05) is 26.5 Å². The van der Waals surface area contributed by atoms with Gasteiger partial charge in [0.2, 0.25) is 11.1 Å². The van der Waals surface area contributed by atoms with E-state index in [1.165, 1.54) is 11.8 Å². The maximum atomic E-state index is 12.7. The van der Waals surface area contributed by atoms with Crippen LogP contribution in [0.4, 0.5) is 0 Å². The lowest BCUT2D eigenvalue weighted by Gasteiger charge is -2.22. The summed E-state index contributed by atoms with van der Waals surface area (Å²) in [5, 5.41) is 12.4. The number of carbonyl (C=O) groups is 1. The normalized spacial score (nSPS) is 11.3. The van der Waals surface area contributed by atoms with Crippen LogP contribution in [-0.2, 0) is 16.9 Å². The third kappa shape index (κ3) is 5.35. The first kappa shape index (κ1) is 21.0. The summed E-state index contributed by atoms with van der Waals surface area (Å²) in [6, 6.07) is 5.67. The Morgan fingerprint density at radius 1 is 1.22 bits per heavy atom. The Morgan fingerprint density at radius 3 is 2.52 bits per heavy atom. The molecule has 0 unspecified atom stereocenters. The van der Waals surface area contributed by atoms with Crippen molar-refractivity contribution in [3.63, 3.8) is 0 Å². The molecule has 0 atom stereocenters. The maximum Gasteiger partial charge on any atom is 0.233 e. The lowest BCUT2D eigenvalue weighted by Crippen LogP contribution is -2.32. The number of benzene rings is 1. The first-order chi connectivity index (χ1) is 12.8. The molecule has 0 aliphatic rings. The van der Waals surface area contributed by atoms with E-state index in [9.17, 15) is 4.79 Å². The molecule has 0 saturated heterocycles. The van der Waals surface area contributed by atoms with Gasteiger partial charge in [-0.2, -0.15) is 0 Å². The van der Waals surface area contributed by atoms with E-state index in [4.69, 9.17) is 9.47 Å². The van der Waals surface area contributed by atoms with Gasteiger partial charge in [-0.05, 0) is 55.8 Å². The molecule has 8 nitrogen and oxygen atoms in total. The summed E-state index contributed by atoms with van der Waals surface area (Å²) in [7, 11) is 3.20. The Hall–Kier alpha value is -2.29. The topological polar surface area (TPSA) is 82.4 Å². The fourth-order valence-corrected chi connectivity index (χ4v) is 3.45. The summed E-state index contributed by atoms with van der Waals surface area (Å²) >= 11 is 1.35. The molecule has 0 saturated carbocycles. The van der Waals surface area contributed by atoms with Gasteiger partial charge in [0.15, 0.2) is 11.5 Å². The lowest BCUT2D eigenvalue weighted by molar-refractivity contribution is -0.128. The average molecular weight is 394 g/mol. The Morgan fingerprint density at radius 2 is 1.93 bits per heavy atom. The van der Waals surface area contributed by atoms with Gasteiger partial charge in [-0.3, -0.25) is 4.79 Å². The van der Waals surface area contributed by atoms with Crippen molar-refractivity contribution < 1.29 is 14.3 Å². The molecule has 2 aromatic rings. The predicted octanol–water partition coefficient (Wildman–Crippen LogP) is 2.59. The fraction of sp³-hybridized carbons (Fsp3) is 0.556. The van der Waals surface area contributed by atoms with Crippen molar-refractivity contribution >= 4 is 17.7 Å². The SMILES string of the molecule is CCN(Cc1ccc(OC)c(OC)c1)C(=O)CSc1nnnn1C(C)(C)C. The van der Waals surface area contributed by atoms with E-state index < -0.39 is 0 Å². The van der Waals surface area contributed by atoms with Crippen LogP contribution in [0.5, 0.6) is 11.5 Å². The number of aromatic nitrogens is 4. The third-order valence-corrected chi connectivity index (χ3v) is 4.86. The van der Waals surface area contributed by atoms with E-state index in [1.807, 2.05) is 45.9 Å². The van der Waals surface area contributed by atoms with Crippen LogP contribution in [0.1, 0.15) is 33.3 Å². The molecule has 1 heterocycles. The summed E-state index contributed by atoms with van der Waals surface area (Å²) in [5.41, 5.74) is 0.742. The van der Waals surface area contributed by atoms with E-state index in [0.717, 1.165) is 5.56 Å². The number of amides is 1. The number of thioether (sulfide) groups is 1. The van der Waals surface area contributed by atoms with Crippen molar-refractivity contribution in [2.24, 2.45) is 0 Å². The first-order valence-corrected chi connectivity index (χ1v) is 9.69. The minimum absolute atomic E-state index is 0.0285. The standard InChI is InChI=1S/C18H27N5O3S/c1-7-22(11-13-8-9-14(25-5)15(10-13)26-6)16(24)12-27-17-19-20-21-23(17)18(2,3)4/h8-10H,7,11-12H2,1-6H3. The van der Waals surface area contributed by atoms with Crippen LogP contribution in [0.25, 0.3) is 0 Å². The molecular weight excluding hydrogens is 366 g/mol. The Kier molecular flexibility index (Phi) is 7.06. The highest BCUT2D eigenvalue weighted by Gasteiger charge is 2.22. The van der Waals surface area contributed by atoms with E-state index in [0.29, 0.717) is 29.7 Å². The van der Waals surface area contributed by atoms with Crippen molar-refractivity contribution in [1.82, 2.24) is 25.1 Å². The second kappa shape index (κ2) is 9.07. The number of hydrogen-bond acceptors (Lipinski definition) is 7. The molecule has 9 heteroatoms. The minimum atomic E-state index is -0.237. The van der Waals surface area contributed by atoms with E-state index in [-0.39, 0.29) is 17.2 Å². The number of rotatable bonds is 8. The summed E-state index contributed by atoms with van der Waals surface area (Å²) in [4.78, 5) is 14.5. The molecular formula is C18H27N5O3S. The minimum Gasteiger partial charge on any atom is -0.493 e. The summed E-state index contributed by atoms with van der Waals surface area (Å²) in [5.74, 6) is 1.62. The van der Waals surface area contributed by atoms with Crippen molar-refractivity contribution in [3.8, 4) is 11.5 Å². The van der Waals surface area contributed by atoms with Gasteiger partial charge >= 0.3 is 0 Å². The zero-order chi connectivity index (χ0) is 20.0. The molecule has 0 spiro atoms. The molecule has 0 fully saturated rings. The molecule has 0 aliphatic carbocycles. The van der Waals surface area contributed by atoms with Crippen LogP contribution in [0, 0.1) is 0 Å². The summed E-state index contributed by atoms with van der Waals surface area (Å²) in [6.07, 6.45) is 0. The van der Waals surface area contributed by atoms with Gasteiger partial charge in [-0.1, -0.05) is 17.8 Å². The largest absolute Gasteiger partial charge is 0.493 e. The Bertz CT molecular complexity index is 773. The van der Waals surface area contributed by atoms with Crippen molar-refractivity contribution in [3.05, 3.63) is 23.8 Å². The quantitative estimate of drug-likeness (QED) is 0.638. The molecule has 27 heavy (non-hydrogen) atoms. The van der Waals surface area contributed by atoms with Gasteiger partial charge in [0, 0.05) is 13.1 Å². The van der Waals surface area contributed by atoms with Gasteiger partial charge in [0.1, 0.15) is 0 Å². The fourth-order valence-electron chi connectivity index (χ4n) is 2.48. The van der Waals surface area contributed by atoms with Crippen LogP contribution in [0.2, 0.25) is 0 Å². The molecule has 1 aromatic carbocycles. The monoisotopic (exact) mass is 393 g/mol. The maximum absolute atomic E-state index is 12.7. The summed E-state index contributed by atoms with van der Waals surface area (Å²) in [6.45, 7) is 9.13. The molecule has 0 bridgehead atoms. The molecule has 0 aliphatic heterocycles. The second-order valence-electron chi connectivity index (χ2n) is 6.93. The van der Waals surface area contributed by atoms with Gasteiger partial charge in [-0.15, -0.1) is 5.10 Å². The average Bonchev–Trinajstić information content (AvgIpc) is 3.13. The highest BCUT2D eigenvalue weighted by molar-refractivity contribution is 7.99. The molecule has 0 N–H and O–H groups in total. The number of hydrogen-bond donors (Lipinski definition) is 0. The van der Waals surface area contributed by atoms with E-state index in [1.54, 1.807) is 23.8 Å². The molecule has 148 valence electrons. The predicted molar refractivity (Wildman–Crippen MR) is 104 cm³/mol. The number of carbonyl (C=O) groups excluding carboxylic acids is 1. The summed E-state index contributed by atoms with van der Waals surface area (Å²) < 4.78 is 12.3. The van der Waals surface area contributed by atoms with Crippen molar-refractivity contribution in [1.29, 1.82) is 0 Å². The van der Waals surface area contributed by atoms with Crippen LogP contribution in [-0.4, -0.2) is 57.5 Å². The third-order valence-electron chi connectivity index (χ3n) is 3.96. The number of methoxy groups -OCH3 is 2. The zero-order valence-electron chi connectivity index (χ0n) is 16.7. The van der Waals surface area contributed by atoms with Crippen molar-refractivity contribution in [2.45, 2.75) is 44.9 Å². The lowest BCUT2D eigenvalue weighted by atomic mass is 10.1. The van der Waals surface area contributed by atoms with E-state index >= 15 is 0 Å². The molecule has 1 amide bonds. The van der Waals surface area contributed by atoms with Gasteiger partial charge in [0.05, 0.1) is 25.5 Å². The van der Waals surface area contributed by atoms with Crippen LogP contribution >= 0.6 is 11.8 Å². The molecule has 1 aromatic heterocycles. The van der Waals surface area contributed by atoms with Crippen LogP contribution in [0.3, 0.4) is 0 Å².